The monoisotopic (exact) mass is 447 g/mol. The van der Waals surface area contributed by atoms with E-state index in [0.717, 1.165) is 11.3 Å². The predicted octanol–water partition coefficient (Wildman–Crippen LogP) is 3.60. The first-order valence-corrected chi connectivity index (χ1v) is 10.8. The normalized spacial score (nSPS) is 10.6. The summed E-state index contributed by atoms with van der Waals surface area (Å²) in [7, 11) is 0. The fourth-order valence-electron chi connectivity index (χ4n) is 3.14. The molecule has 3 N–H and O–H groups in total. The molecule has 4 rings (SSSR count). The van der Waals surface area contributed by atoms with Gasteiger partial charge in [0.05, 0.1) is 24.4 Å². The minimum Gasteiger partial charge on any atom is -0.508 e. The van der Waals surface area contributed by atoms with Crippen LogP contribution < -0.4 is 5.32 Å². The Morgan fingerprint density at radius 2 is 1.91 bits per heavy atom. The molecule has 0 bridgehead atoms. The lowest BCUT2D eigenvalue weighted by molar-refractivity contribution is -0.131. The van der Waals surface area contributed by atoms with Gasteiger partial charge in [-0.3, -0.25) is 20.0 Å². The fourth-order valence-corrected chi connectivity index (χ4v) is 3.85. The second-order valence-corrected chi connectivity index (χ2v) is 8.00. The van der Waals surface area contributed by atoms with E-state index in [0.29, 0.717) is 29.5 Å². The maximum absolute atomic E-state index is 13.1. The molecule has 2 aromatic carbocycles. The first-order chi connectivity index (χ1) is 15.6. The number of hydrogen-bond donors (Lipinski definition) is 3. The van der Waals surface area contributed by atoms with Gasteiger partial charge in [-0.05, 0) is 29.8 Å². The third kappa shape index (κ3) is 5.58. The summed E-state index contributed by atoms with van der Waals surface area (Å²) >= 11 is 1.25. The lowest BCUT2D eigenvalue weighted by Crippen LogP contribution is -2.31. The highest BCUT2D eigenvalue weighted by Crippen LogP contribution is 2.19. The maximum atomic E-state index is 13.1. The largest absolute Gasteiger partial charge is 0.508 e. The van der Waals surface area contributed by atoms with Crippen LogP contribution in [0.1, 0.15) is 27.3 Å². The molecule has 2 heterocycles. The fraction of sp³-hybridized carbons (Fsp3) is 0.130. The highest BCUT2D eigenvalue weighted by atomic mass is 32.1. The Hall–Kier alpha value is -3.98. The number of amides is 2. The average molecular weight is 448 g/mol. The van der Waals surface area contributed by atoms with Gasteiger partial charge in [0, 0.05) is 23.7 Å². The van der Waals surface area contributed by atoms with Crippen molar-refractivity contribution in [2.75, 3.05) is 5.32 Å². The summed E-state index contributed by atoms with van der Waals surface area (Å²) in [6, 6.07) is 17.7. The molecule has 32 heavy (non-hydrogen) atoms. The minimum absolute atomic E-state index is 0.0128. The number of carbonyl (C=O) groups is 2. The Balaban J connectivity index is 1.42. The Bertz CT molecular complexity index is 1190. The second kappa shape index (κ2) is 9.88. The summed E-state index contributed by atoms with van der Waals surface area (Å²) in [6.07, 6.45) is 1.77. The zero-order valence-electron chi connectivity index (χ0n) is 17.1. The lowest BCUT2D eigenvalue weighted by atomic mass is 10.2. The van der Waals surface area contributed by atoms with Crippen molar-refractivity contribution in [3.8, 4) is 5.75 Å². The molecule has 0 saturated carbocycles. The van der Waals surface area contributed by atoms with E-state index in [1.54, 1.807) is 28.6 Å². The number of carbonyl (C=O) groups excluding carboxylic acids is 2. The summed E-state index contributed by atoms with van der Waals surface area (Å²) in [5.41, 5.74) is 2.77. The van der Waals surface area contributed by atoms with Crippen LogP contribution >= 0.6 is 11.3 Å². The summed E-state index contributed by atoms with van der Waals surface area (Å²) in [4.78, 5) is 31.5. The van der Waals surface area contributed by atoms with Gasteiger partial charge in [0.25, 0.3) is 5.91 Å². The number of nitrogens with zero attached hydrogens (tertiary/aromatic N) is 3. The van der Waals surface area contributed by atoms with Crippen molar-refractivity contribution in [3.63, 3.8) is 0 Å². The molecule has 9 heteroatoms. The summed E-state index contributed by atoms with van der Waals surface area (Å²) < 4.78 is 0. The van der Waals surface area contributed by atoms with Gasteiger partial charge in [-0.2, -0.15) is 5.10 Å². The summed E-state index contributed by atoms with van der Waals surface area (Å²) in [5, 5.41) is 21.2. The standard InChI is InChI=1S/C23H21N5O3S/c29-20-8-4-7-17(11-20)22(31)26-23-25-19(15-32-23)12-21(30)28(14-18-9-10-24-27-18)13-16-5-2-1-3-6-16/h1-11,15,29H,12-14H2,(H,24,27)(H,25,26,31). The van der Waals surface area contributed by atoms with Crippen LogP contribution in [0.4, 0.5) is 5.13 Å². The molecule has 0 aliphatic rings. The van der Waals surface area contributed by atoms with E-state index in [1.807, 2.05) is 36.4 Å². The number of phenols is 1. The van der Waals surface area contributed by atoms with E-state index in [9.17, 15) is 14.7 Å². The van der Waals surface area contributed by atoms with Gasteiger partial charge in [0.2, 0.25) is 5.91 Å². The molecule has 0 aliphatic heterocycles. The number of aromatic nitrogens is 3. The van der Waals surface area contributed by atoms with Crippen LogP contribution in [0.3, 0.4) is 0 Å². The van der Waals surface area contributed by atoms with Crippen molar-refractivity contribution in [2.45, 2.75) is 19.5 Å². The number of aromatic hydroxyl groups is 1. The van der Waals surface area contributed by atoms with Crippen LogP contribution in [0.5, 0.6) is 5.75 Å². The molecule has 0 saturated heterocycles. The zero-order valence-corrected chi connectivity index (χ0v) is 17.9. The molecule has 2 aromatic heterocycles. The van der Waals surface area contributed by atoms with Crippen molar-refractivity contribution in [1.29, 1.82) is 0 Å². The molecule has 4 aromatic rings. The molecule has 0 atom stereocenters. The number of thiazole rings is 1. The smallest absolute Gasteiger partial charge is 0.257 e. The van der Waals surface area contributed by atoms with Gasteiger partial charge in [-0.1, -0.05) is 36.4 Å². The average Bonchev–Trinajstić information content (AvgIpc) is 3.46. The van der Waals surface area contributed by atoms with Crippen LogP contribution in [-0.4, -0.2) is 37.0 Å². The van der Waals surface area contributed by atoms with E-state index < -0.39 is 0 Å². The Morgan fingerprint density at radius 1 is 1.06 bits per heavy atom. The molecular weight excluding hydrogens is 426 g/mol. The van der Waals surface area contributed by atoms with Gasteiger partial charge in [-0.15, -0.1) is 11.3 Å². The lowest BCUT2D eigenvalue weighted by Gasteiger charge is -2.22. The molecule has 0 aliphatic carbocycles. The number of rotatable bonds is 8. The topological polar surface area (TPSA) is 111 Å². The third-order valence-corrected chi connectivity index (χ3v) is 5.51. The van der Waals surface area contributed by atoms with Crippen molar-refractivity contribution < 1.29 is 14.7 Å². The zero-order chi connectivity index (χ0) is 22.3. The highest BCUT2D eigenvalue weighted by Gasteiger charge is 2.18. The van der Waals surface area contributed by atoms with E-state index >= 15 is 0 Å². The van der Waals surface area contributed by atoms with Gasteiger partial charge < -0.3 is 10.0 Å². The number of benzene rings is 2. The Morgan fingerprint density at radius 3 is 2.66 bits per heavy atom. The van der Waals surface area contributed by atoms with Gasteiger partial charge in [0.15, 0.2) is 5.13 Å². The Kier molecular flexibility index (Phi) is 6.57. The number of phenolic OH excluding ortho intramolecular Hbond substituents is 1. The summed E-state index contributed by atoms with van der Waals surface area (Å²) in [6.45, 7) is 0.864. The predicted molar refractivity (Wildman–Crippen MR) is 121 cm³/mol. The van der Waals surface area contributed by atoms with Crippen LogP contribution in [0.2, 0.25) is 0 Å². The van der Waals surface area contributed by atoms with Gasteiger partial charge in [0.1, 0.15) is 5.75 Å². The number of nitrogens with one attached hydrogen (secondary N) is 2. The van der Waals surface area contributed by atoms with E-state index in [1.165, 1.54) is 23.5 Å². The van der Waals surface area contributed by atoms with Gasteiger partial charge >= 0.3 is 0 Å². The highest BCUT2D eigenvalue weighted by molar-refractivity contribution is 7.14. The number of aromatic amines is 1. The van der Waals surface area contributed by atoms with Gasteiger partial charge in [-0.25, -0.2) is 4.98 Å². The SMILES string of the molecule is O=C(Nc1nc(CC(=O)N(Cc2ccccc2)Cc2ccn[nH]2)cs1)c1cccc(O)c1. The third-order valence-electron chi connectivity index (χ3n) is 4.70. The van der Waals surface area contributed by atoms with Crippen molar-refractivity contribution in [1.82, 2.24) is 20.1 Å². The van der Waals surface area contributed by atoms with Crippen LogP contribution in [0.25, 0.3) is 0 Å². The molecule has 162 valence electrons. The molecule has 0 radical (unpaired) electrons. The molecular formula is C23H21N5O3S. The summed E-state index contributed by atoms with van der Waals surface area (Å²) in [5.74, 6) is -0.448. The maximum Gasteiger partial charge on any atom is 0.257 e. The van der Waals surface area contributed by atoms with E-state index in [4.69, 9.17) is 0 Å². The quantitative estimate of drug-likeness (QED) is 0.382. The molecule has 8 nitrogen and oxygen atoms in total. The van der Waals surface area contributed by atoms with Crippen LogP contribution in [0.15, 0.2) is 72.2 Å². The molecule has 0 spiro atoms. The molecule has 0 unspecified atom stereocenters. The van der Waals surface area contributed by atoms with Crippen molar-refractivity contribution in [2.24, 2.45) is 0 Å². The first-order valence-electron chi connectivity index (χ1n) is 9.91. The van der Waals surface area contributed by atoms with E-state index in [-0.39, 0.29) is 24.0 Å². The minimum atomic E-state index is -0.377. The van der Waals surface area contributed by atoms with E-state index in [2.05, 4.69) is 20.5 Å². The van der Waals surface area contributed by atoms with Crippen LogP contribution in [0, 0.1) is 0 Å². The number of anilines is 1. The number of hydrogen-bond acceptors (Lipinski definition) is 6. The first kappa shape index (κ1) is 21.3. The second-order valence-electron chi connectivity index (χ2n) is 7.14. The molecule has 0 fully saturated rings. The van der Waals surface area contributed by atoms with Crippen molar-refractivity contribution in [3.05, 3.63) is 94.8 Å². The number of H-pyrrole nitrogens is 1. The van der Waals surface area contributed by atoms with Crippen LogP contribution in [-0.2, 0) is 24.3 Å². The molecule has 2 amide bonds. The Labute approximate surface area is 188 Å². The van der Waals surface area contributed by atoms with Crippen molar-refractivity contribution >= 4 is 28.3 Å².